The molecule has 1 aromatic carbocycles. The molecule has 3 aliphatic heterocycles. The van der Waals surface area contributed by atoms with Crippen molar-refractivity contribution in [3.63, 3.8) is 0 Å². The molecule has 154 valence electrons. The number of aliphatic imine (C=N–C) groups is 1. The Labute approximate surface area is 178 Å². The lowest BCUT2D eigenvalue weighted by Crippen LogP contribution is -2.31. The zero-order valence-electron chi connectivity index (χ0n) is 16.6. The predicted molar refractivity (Wildman–Crippen MR) is 114 cm³/mol. The number of hydrogen-bond donors (Lipinski definition) is 1. The fraction of sp³-hybridized carbons (Fsp3) is 0.217. The first-order valence-electron chi connectivity index (χ1n) is 10.1. The molecule has 0 amide bonds. The molecule has 8 heteroatoms. The average molecular weight is 413 g/mol. The maximum atomic E-state index is 6.18. The van der Waals surface area contributed by atoms with Crippen molar-refractivity contribution >= 4 is 11.6 Å². The summed E-state index contributed by atoms with van der Waals surface area (Å²) in [6, 6.07) is 8.18. The Hall–Kier alpha value is -3.78. The van der Waals surface area contributed by atoms with Gasteiger partial charge in [0.25, 0.3) is 6.02 Å². The van der Waals surface area contributed by atoms with Crippen molar-refractivity contribution in [2.45, 2.75) is 12.0 Å². The molecule has 1 spiro atoms. The van der Waals surface area contributed by atoms with E-state index in [1.54, 1.807) is 12.4 Å². The van der Waals surface area contributed by atoms with E-state index in [-0.39, 0.29) is 12.6 Å². The van der Waals surface area contributed by atoms with E-state index < -0.39 is 5.54 Å². The minimum Gasteiger partial charge on any atom is -0.462 e. The molecule has 2 N–H and O–H groups in total. The highest BCUT2D eigenvalue weighted by Gasteiger charge is 2.48. The first-order chi connectivity index (χ1) is 15.2. The van der Waals surface area contributed by atoms with Crippen molar-refractivity contribution in [3.8, 4) is 22.8 Å². The van der Waals surface area contributed by atoms with Crippen LogP contribution in [0.15, 0.2) is 60.3 Å². The van der Waals surface area contributed by atoms with Gasteiger partial charge in [-0.05, 0) is 41.3 Å². The summed E-state index contributed by atoms with van der Waals surface area (Å²) in [6.07, 6.45) is 9.83. The van der Waals surface area contributed by atoms with Crippen LogP contribution in [0.5, 0.6) is 11.6 Å². The molecular formula is C23H19N5O3. The van der Waals surface area contributed by atoms with E-state index in [1.165, 1.54) is 11.9 Å². The number of ether oxygens (including phenoxy) is 3. The van der Waals surface area contributed by atoms with E-state index in [2.05, 4.69) is 27.1 Å². The second-order valence-electron chi connectivity index (χ2n) is 7.67. The predicted octanol–water partition coefficient (Wildman–Crippen LogP) is 3.04. The normalized spacial score (nSPS) is 21.4. The summed E-state index contributed by atoms with van der Waals surface area (Å²) in [6.45, 7) is 1.59. The topological polar surface area (TPSA) is 105 Å². The third kappa shape index (κ3) is 2.87. The Morgan fingerprint density at radius 1 is 0.968 bits per heavy atom. The minimum absolute atomic E-state index is 0.155. The third-order valence-corrected chi connectivity index (χ3v) is 5.89. The summed E-state index contributed by atoms with van der Waals surface area (Å²) in [4.78, 5) is 17.7. The highest BCUT2D eigenvalue weighted by molar-refractivity contribution is 5.78. The Bertz CT molecular complexity index is 1240. The van der Waals surface area contributed by atoms with Crippen molar-refractivity contribution in [3.05, 3.63) is 71.9 Å². The highest BCUT2D eigenvalue weighted by atomic mass is 16.5. The highest BCUT2D eigenvalue weighted by Crippen LogP contribution is 2.51. The van der Waals surface area contributed by atoms with E-state index in [0.717, 1.165) is 34.2 Å². The number of benzene rings is 1. The van der Waals surface area contributed by atoms with Crippen LogP contribution in [0.4, 0.5) is 0 Å². The summed E-state index contributed by atoms with van der Waals surface area (Å²) in [5, 5.41) is 0. The van der Waals surface area contributed by atoms with Crippen LogP contribution in [0.25, 0.3) is 16.7 Å². The standard InChI is InChI=1S/C23H19N5O3/c24-22-28-23(12-30-22)18-7-15(17-9-25-13-26-10-17)1-2-20(18)31-21-19(23)8-16(11-27-21)14-3-5-29-6-4-14/h1-3,7-11,13H,4-6,12H2,(H2,24,28)/t23-/m0/s1. The number of aromatic nitrogens is 3. The molecule has 0 bridgehead atoms. The molecule has 5 heterocycles. The van der Waals surface area contributed by atoms with Gasteiger partial charge in [-0.25, -0.2) is 19.9 Å². The lowest BCUT2D eigenvalue weighted by molar-refractivity contribution is 0.161. The molecule has 6 rings (SSSR count). The first kappa shape index (κ1) is 18.0. The monoisotopic (exact) mass is 413 g/mol. The van der Waals surface area contributed by atoms with Crippen molar-refractivity contribution < 1.29 is 14.2 Å². The maximum absolute atomic E-state index is 6.18. The molecule has 3 aliphatic rings. The summed E-state index contributed by atoms with van der Waals surface area (Å²) in [7, 11) is 0. The lowest BCUT2D eigenvalue weighted by atomic mass is 9.80. The fourth-order valence-corrected chi connectivity index (χ4v) is 4.32. The van der Waals surface area contributed by atoms with Gasteiger partial charge in [-0.2, -0.15) is 0 Å². The smallest absolute Gasteiger partial charge is 0.283 e. The van der Waals surface area contributed by atoms with Crippen molar-refractivity contribution in [2.24, 2.45) is 10.7 Å². The van der Waals surface area contributed by atoms with E-state index in [0.29, 0.717) is 24.8 Å². The Balaban J connectivity index is 1.53. The van der Waals surface area contributed by atoms with Crippen LogP contribution < -0.4 is 10.5 Å². The van der Waals surface area contributed by atoms with Gasteiger partial charge < -0.3 is 19.9 Å². The molecule has 31 heavy (non-hydrogen) atoms. The van der Waals surface area contributed by atoms with Crippen LogP contribution in [0.2, 0.25) is 0 Å². The molecule has 0 fully saturated rings. The molecule has 0 aliphatic carbocycles. The molecule has 2 aromatic heterocycles. The lowest BCUT2D eigenvalue weighted by Gasteiger charge is -2.33. The van der Waals surface area contributed by atoms with Crippen LogP contribution in [0.3, 0.4) is 0 Å². The second-order valence-corrected chi connectivity index (χ2v) is 7.67. The molecular weight excluding hydrogens is 394 g/mol. The van der Waals surface area contributed by atoms with Crippen LogP contribution in [-0.2, 0) is 15.0 Å². The molecule has 0 saturated heterocycles. The zero-order chi connectivity index (χ0) is 20.8. The number of pyridine rings is 1. The second kappa shape index (κ2) is 6.88. The summed E-state index contributed by atoms with van der Waals surface area (Å²) < 4.78 is 17.3. The number of fused-ring (bicyclic) bond motifs is 4. The zero-order valence-corrected chi connectivity index (χ0v) is 16.6. The minimum atomic E-state index is -0.826. The Kier molecular flexibility index (Phi) is 4.00. The number of nitrogens with zero attached hydrogens (tertiary/aromatic N) is 4. The van der Waals surface area contributed by atoms with Crippen LogP contribution >= 0.6 is 0 Å². The van der Waals surface area contributed by atoms with Gasteiger partial charge in [0, 0.05) is 29.7 Å². The van der Waals surface area contributed by atoms with Crippen LogP contribution in [-0.4, -0.2) is 40.8 Å². The van der Waals surface area contributed by atoms with Crippen LogP contribution in [0, 0.1) is 0 Å². The van der Waals surface area contributed by atoms with E-state index in [9.17, 15) is 0 Å². The molecule has 0 radical (unpaired) electrons. The van der Waals surface area contributed by atoms with E-state index in [4.69, 9.17) is 24.9 Å². The number of amidine groups is 1. The van der Waals surface area contributed by atoms with Gasteiger partial charge in [0.2, 0.25) is 5.88 Å². The van der Waals surface area contributed by atoms with E-state index in [1.807, 2.05) is 24.4 Å². The van der Waals surface area contributed by atoms with Gasteiger partial charge in [0.05, 0.1) is 18.8 Å². The molecule has 0 unspecified atom stereocenters. The average Bonchev–Trinajstić information content (AvgIpc) is 3.22. The summed E-state index contributed by atoms with van der Waals surface area (Å²) in [5.74, 6) is 1.20. The SMILES string of the molecule is NC1=N[C@@]2(CO1)c1cc(-c3cncnc3)ccc1Oc1ncc(C3=CCOCC3)cc12. The van der Waals surface area contributed by atoms with Gasteiger partial charge >= 0.3 is 0 Å². The van der Waals surface area contributed by atoms with Crippen LogP contribution in [0.1, 0.15) is 23.1 Å². The molecule has 3 aromatic rings. The summed E-state index contributed by atoms with van der Waals surface area (Å²) in [5.41, 5.74) is 11.0. The van der Waals surface area contributed by atoms with E-state index >= 15 is 0 Å². The van der Waals surface area contributed by atoms with Crippen molar-refractivity contribution in [1.29, 1.82) is 0 Å². The third-order valence-electron chi connectivity index (χ3n) is 5.89. The van der Waals surface area contributed by atoms with Crippen molar-refractivity contribution in [1.82, 2.24) is 15.0 Å². The summed E-state index contributed by atoms with van der Waals surface area (Å²) >= 11 is 0. The quantitative estimate of drug-likeness (QED) is 0.688. The number of nitrogens with two attached hydrogens (primary N) is 1. The number of hydrogen-bond acceptors (Lipinski definition) is 8. The largest absolute Gasteiger partial charge is 0.462 e. The molecule has 1 atom stereocenters. The molecule has 8 nitrogen and oxygen atoms in total. The fourth-order valence-electron chi connectivity index (χ4n) is 4.32. The number of rotatable bonds is 2. The van der Waals surface area contributed by atoms with Gasteiger partial charge in [-0.15, -0.1) is 0 Å². The first-order valence-corrected chi connectivity index (χ1v) is 10.1. The Morgan fingerprint density at radius 2 is 1.84 bits per heavy atom. The van der Waals surface area contributed by atoms with Crippen molar-refractivity contribution in [2.75, 3.05) is 19.8 Å². The van der Waals surface area contributed by atoms with Gasteiger partial charge in [0.1, 0.15) is 18.7 Å². The Morgan fingerprint density at radius 3 is 2.61 bits per heavy atom. The van der Waals surface area contributed by atoms with Gasteiger partial charge in [0.15, 0.2) is 5.54 Å². The molecule has 0 saturated carbocycles. The maximum Gasteiger partial charge on any atom is 0.283 e. The van der Waals surface area contributed by atoms with Gasteiger partial charge in [-0.1, -0.05) is 12.1 Å². The van der Waals surface area contributed by atoms with Gasteiger partial charge in [-0.3, -0.25) is 0 Å².